The Kier molecular flexibility index (Phi) is 5.24. The molecule has 0 aliphatic rings. The van der Waals surface area contributed by atoms with Crippen LogP contribution in [-0.4, -0.2) is 31.3 Å². The van der Waals surface area contributed by atoms with Crippen molar-refractivity contribution in [2.24, 2.45) is 0 Å². The van der Waals surface area contributed by atoms with Crippen LogP contribution < -0.4 is 0 Å². The van der Waals surface area contributed by atoms with E-state index >= 15 is 0 Å². The highest BCUT2D eigenvalue weighted by Gasteiger charge is 2.41. The summed E-state index contributed by atoms with van der Waals surface area (Å²) in [6.07, 6.45) is 0. The lowest BCUT2D eigenvalue weighted by atomic mass is 9.77. The highest BCUT2D eigenvalue weighted by atomic mass is 16.4. The SMILES string of the molecule is O=C(O)c1ccc(-c2nnnn2C(c2ccccc2)(c2ccccc2)c2ccccc2)cc1. The molecule has 0 atom stereocenters. The molecule has 5 aromatic rings. The molecule has 0 spiro atoms. The van der Waals surface area contributed by atoms with Gasteiger partial charge < -0.3 is 5.11 Å². The largest absolute Gasteiger partial charge is 0.478 e. The summed E-state index contributed by atoms with van der Waals surface area (Å²) in [7, 11) is 0. The first kappa shape index (κ1) is 20.3. The molecule has 0 radical (unpaired) electrons. The highest BCUT2D eigenvalue weighted by molar-refractivity contribution is 5.88. The molecule has 1 N–H and O–H groups in total. The molecule has 0 bridgehead atoms. The van der Waals surface area contributed by atoms with Crippen molar-refractivity contribution < 1.29 is 9.90 Å². The summed E-state index contributed by atoms with van der Waals surface area (Å²) in [6, 6.07) is 37.0. The van der Waals surface area contributed by atoms with E-state index in [1.165, 1.54) is 0 Å². The van der Waals surface area contributed by atoms with Crippen LogP contribution in [0.5, 0.6) is 0 Å². The van der Waals surface area contributed by atoms with Crippen molar-refractivity contribution in [2.45, 2.75) is 5.54 Å². The molecule has 1 aromatic heterocycles. The lowest BCUT2D eigenvalue weighted by molar-refractivity contribution is 0.0697. The van der Waals surface area contributed by atoms with Gasteiger partial charge in [-0.1, -0.05) is 103 Å². The van der Waals surface area contributed by atoms with Gasteiger partial charge in [-0.05, 0) is 39.2 Å². The number of tetrazole rings is 1. The van der Waals surface area contributed by atoms with Crippen LogP contribution in [0.25, 0.3) is 11.4 Å². The summed E-state index contributed by atoms with van der Waals surface area (Å²) in [5, 5.41) is 22.2. The van der Waals surface area contributed by atoms with Gasteiger partial charge in [0.25, 0.3) is 0 Å². The van der Waals surface area contributed by atoms with Crippen molar-refractivity contribution >= 4 is 5.97 Å². The Morgan fingerprint density at radius 1 is 0.667 bits per heavy atom. The third kappa shape index (κ3) is 3.47. The van der Waals surface area contributed by atoms with E-state index < -0.39 is 11.5 Å². The second-order valence-electron chi connectivity index (χ2n) is 7.61. The van der Waals surface area contributed by atoms with Crippen molar-refractivity contribution in [3.05, 3.63) is 138 Å². The molecular formula is C27H20N4O2. The average molecular weight is 432 g/mol. The standard InChI is InChI=1S/C27H20N4O2/c32-26(33)21-18-16-20(17-19-21)25-28-29-30-31(25)27(22-10-4-1-5-11-22,23-12-6-2-7-13-23)24-14-8-3-9-15-24/h1-19H,(H,32,33). The number of rotatable bonds is 6. The van der Waals surface area contributed by atoms with Crippen LogP contribution in [0.4, 0.5) is 0 Å². The van der Waals surface area contributed by atoms with Gasteiger partial charge in [-0.3, -0.25) is 0 Å². The number of hydrogen-bond donors (Lipinski definition) is 1. The molecule has 4 aromatic carbocycles. The van der Waals surface area contributed by atoms with Gasteiger partial charge in [0.05, 0.1) is 5.56 Å². The van der Waals surface area contributed by atoms with Crippen LogP contribution in [0.2, 0.25) is 0 Å². The van der Waals surface area contributed by atoms with E-state index in [2.05, 4.69) is 51.9 Å². The van der Waals surface area contributed by atoms with E-state index in [9.17, 15) is 9.90 Å². The molecule has 33 heavy (non-hydrogen) atoms. The molecule has 6 nitrogen and oxygen atoms in total. The number of aromatic nitrogens is 4. The quantitative estimate of drug-likeness (QED) is 0.387. The monoisotopic (exact) mass is 432 g/mol. The van der Waals surface area contributed by atoms with Crippen molar-refractivity contribution in [1.29, 1.82) is 0 Å². The van der Waals surface area contributed by atoms with Gasteiger partial charge in [-0.25, -0.2) is 9.48 Å². The number of benzene rings is 4. The minimum absolute atomic E-state index is 0.207. The zero-order valence-electron chi connectivity index (χ0n) is 17.6. The number of carboxylic acid groups (broad SMARTS) is 1. The van der Waals surface area contributed by atoms with Gasteiger partial charge >= 0.3 is 5.97 Å². The number of nitrogens with zero attached hydrogens (tertiary/aromatic N) is 4. The van der Waals surface area contributed by atoms with Crippen LogP contribution >= 0.6 is 0 Å². The molecule has 0 aliphatic carbocycles. The molecule has 0 amide bonds. The number of hydrogen-bond acceptors (Lipinski definition) is 4. The van der Waals surface area contributed by atoms with Crippen LogP contribution in [-0.2, 0) is 5.54 Å². The van der Waals surface area contributed by atoms with Gasteiger partial charge in [-0.15, -0.1) is 5.10 Å². The molecule has 0 fully saturated rings. The van der Waals surface area contributed by atoms with Crippen LogP contribution in [0, 0.1) is 0 Å². The predicted molar refractivity (Wildman–Crippen MR) is 125 cm³/mol. The van der Waals surface area contributed by atoms with Gasteiger partial charge in [0.2, 0.25) is 0 Å². The molecule has 160 valence electrons. The lowest BCUT2D eigenvalue weighted by Crippen LogP contribution is -2.39. The van der Waals surface area contributed by atoms with Crippen molar-refractivity contribution in [3.63, 3.8) is 0 Å². The molecule has 0 saturated carbocycles. The Labute approximate surface area is 190 Å². The fraction of sp³-hybridized carbons (Fsp3) is 0.0370. The maximum Gasteiger partial charge on any atom is 0.335 e. The van der Waals surface area contributed by atoms with Crippen molar-refractivity contribution in [1.82, 2.24) is 20.2 Å². The van der Waals surface area contributed by atoms with Crippen molar-refractivity contribution in [2.75, 3.05) is 0 Å². The fourth-order valence-corrected chi connectivity index (χ4v) is 4.26. The Morgan fingerprint density at radius 2 is 1.12 bits per heavy atom. The average Bonchev–Trinajstić information content (AvgIpc) is 3.37. The second-order valence-corrected chi connectivity index (χ2v) is 7.61. The summed E-state index contributed by atoms with van der Waals surface area (Å²) in [6.45, 7) is 0. The Bertz CT molecular complexity index is 1270. The minimum Gasteiger partial charge on any atom is -0.478 e. The number of aromatic carboxylic acids is 1. The van der Waals surface area contributed by atoms with Crippen LogP contribution in [0.3, 0.4) is 0 Å². The summed E-state index contributed by atoms with van der Waals surface area (Å²) < 4.78 is 1.82. The first-order valence-corrected chi connectivity index (χ1v) is 10.5. The fourth-order valence-electron chi connectivity index (χ4n) is 4.26. The number of carboxylic acids is 1. The molecular weight excluding hydrogens is 412 g/mol. The van der Waals surface area contributed by atoms with Crippen molar-refractivity contribution in [3.8, 4) is 11.4 Å². The second kappa shape index (κ2) is 8.51. The topological polar surface area (TPSA) is 80.9 Å². The molecule has 0 unspecified atom stereocenters. The third-order valence-electron chi connectivity index (χ3n) is 5.75. The van der Waals surface area contributed by atoms with Crippen LogP contribution in [0.15, 0.2) is 115 Å². The van der Waals surface area contributed by atoms with E-state index in [0.717, 1.165) is 22.3 Å². The zero-order valence-corrected chi connectivity index (χ0v) is 17.6. The maximum absolute atomic E-state index is 11.3. The molecule has 5 rings (SSSR count). The highest BCUT2D eigenvalue weighted by Crippen LogP contribution is 2.42. The van der Waals surface area contributed by atoms with Gasteiger partial charge in [0, 0.05) is 5.56 Å². The first-order valence-electron chi connectivity index (χ1n) is 10.5. The summed E-state index contributed by atoms with van der Waals surface area (Å²) in [5.74, 6) is -0.447. The van der Waals surface area contributed by atoms with Gasteiger partial charge in [-0.2, -0.15) is 0 Å². The minimum atomic E-state index is -0.978. The Balaban J connectivity index is 1.84. The van der Waals surface area contributed by atoms with Gasteiger partial charge in [0.15, 0.2) is 5.82 Å². The molecule has 1 heterocycles. The third-order valence-corrected chi connectivity index (χ3v) is 5.75. The summed E-state index contributed by atoms with van der Waals surface area (Å²) in [5.41, 5.74) is 3.07. The predicted octanol–water partition coefficient (Wildman–Crippen LogP) is 4.88. The van der Waals surface area contributed by atoms with Gasteiger partial charge in [0.1, 0.15) is 5.54 Å². The van der Waals surface area contributed by atoms with E-state index in [4.69, 9.17) is 0 Å². The van der Waals surface area contributed by atoms with E-state index in [-0.39, 0.29) is 5.56 Å². The summed E-state index contributed by atoms with van der Waals surface area (Å²) in [4.78, 5) is 11.3. The zero-order chi connectivity index (χ0) is 22.7. The van der Waals surface area contributed by atoms with E-state index in [1.807, 2.05) is 59.3 Å². The van der Waals surface area contributed by atoms with E-state index in [1.54, 1.807) is 24.3 Å². The smallest absolute Gasteiger partial charge is 0.335 e. The maximum atomic E-state index is 11.3. The van der Waals surface area contributed by atoms with Crippen LogP contribution in [0.1, 0.15) is 27.0 Å². The number of carbonyl (C=O) groups is 1. The lowest BCUT2D eigenvalue weighted by Gasteiger charge is -2.36. The Hall–Kier alpha value is -4.58. The summed E-state index contributed by atoms with van der Waals surface area (Å²) >= 11 is 0. The molecule has 0 aliphatic heterocycles. The molecule has 6 heteroatoms. The Morgan fingerprint density at radius 3 is 1.55 bits per heavy atom. The first-order chi connectivity index (χ1) is 16.2. The molecule has 0 saturated heterocycles. The van der Waals surface area contributed by atoms with E-state index in [0.29, 0.717) is 5.82 Å². The normalized spacial score (nSPS) is 11.3.